The lowest BCUT2D eigenvalue weighted by Crippen LogP contribution is -2.54. The Morgan fingerprint density at radius 3 is 2.60 bits per heavy atom. The topological polar surface area (TPSA) is 96.1 Å². The van der Waals surface area contributed by atoms with Crippen LogP contribution in [0.25, 0.3) is 0 Å². The van der Waals surface area contributed by atoms with Gasteiger partial charge in [-0.15, -0.1) is 0 Å². The van der Waals surface area contributed by atoms with Crippen molar-refractivity contribution >= 4 is 11.8 Å². The Morgan fingerprint density at radius 1 is 1.25 bits per heavy atom. The van der Waals surface area contributed by atoms with E-state index in [2.05, 4.69) is 0 Å². The molecule has 7 nitrogen and oxygen atoms in total. The molecule has 1 atom stereocenters. The Kier molecular flexibility index (Phi) is 4.95. The molecule has 7 heteroatoms. The summed E-state index contributed by atoms with van der Waals surface area (Å²) in [5.41, 5.74) is 3.99. The highest BCUT2D eigenvalue weighted by atomic mass is 16.5. The number of nitrogens with two attached hydrogens (primary N) is 1. The number of hydrogen-bond donors (Lipinski definition) is 2. The molecular weight excluding hydrogens is 262 g/mol. The van der Waals surface area contributed by atoms with Crippen LogP contribution in [-0.4, -0.2) is 78.3 Å². The van der Waals surface area contributed by atoms with Gasteiger partial charge in [0, 0.05) is 26.2 Å². The highest BCUT2D eigenvalue weighted by molar-refractivity contribution is 5.79. The number of likely N-dealkylation sites (tertiary alicyclic amines) is 1. The number of β-amino-alcohol motifs (C(OH)–C–C–N with tert-alkyl or cyclic N) is 1. The third-order valence-electron chi connectivity index (χ3n) is 3.87. The van der Waals surface area contributed by atoms with Crippen LogP contribution in [0.15, 0.2) is 0 Å². The first-order valence-electron chi connectivity index (χ1n) is 7.07. The van der Waals surface area contributed by atoms with Crippen LogP contribution in [0.1, 0.15) is 19.3 Å². The Labute approximate surface area is 118 Å². The first-order chi connectivity index (χ1) is 9.48. The molecule has 2 rings (SSSR count). The fraction of sp³-hybridized carbons (Fsp3) is 0.846. The van der Waals surface area contributed by atoms with Crippen LogP contribution in [0, 0.1) is 0 Å². The number of aliphatic hydroxyl groups is 1. The van der Waals surface area contributed by atoms with Crippen LogP contribution in [0.2, 0.25) is 0 Å². The van der Waals surface area contributed by atoms with Crippen molar-refractivity contribution in [3.8, 4) is 0 Å². The molecule has 3 N–H and O–H groups in total. The van der Waals surface area contributed by atoms with Gasteiger partial charge in [-0.1, -0.05) is 0 Å². The van der Waals surface area contributed by atoms with Gasteiger partial charge in [0.1, 0.15) is 0 Å². The Balaban J connectivity index is 1.87. The van der Waals surface area contributed by atoms with Gasteiger partial charge in [0.05, 0.1) is 31.8 Å². The minimum Gasteiger partial charge on any atom is -0.388 e. The van der Waals surface area contributed by atoms with E-state index in [1.807, 2.05) is 4.90 Å². The predicted octanol–water partition coefficient (Wildman–Crippen LogP) is -1.45. The second-order valence-corrected chi connectivity index (χ2v) is 5.67. The van der Waals surface area contributed by atoms with Crippen molar-refractivity contribution in [2.24, 2.45) is 5.73 Å². The zero-order valence-electron chi connectivity index (χ0n) is 11.7. The second-order valence-electron chi connectivity index (χ2n) is 5.67. The van der Waals surface area contributed by atoms with Crippen molar-refractivity contribution in [1.29, 1.82) is 0 Å². The maximum atomic E-state index is 12.3. The first-order valence-corrected chi connectivity index (χ1v) is 7.07. The van der Waals surface area contributed by atoms with E-state index in [1.165, 1.54) is 0 Å². The van der Waals surface area contributed by atoms with E-state index >= 15 is 0 Å². The van der Waals surface area contributed by atoms with Crippen LogP contribution >= 0.6 is 0 Å². The molecule has 2 heterocycles. The van der Waals surface area contributed by atoms with Gasteiger partial charge in [-0.25, -0.2) is 0 Å². The van der Waals surface area contributed by atoms with Crippen molar-refractivity contribution in [2.45, 2.75) is 24.9 Å². The number of primary amides is 1. The summed E-state index contributed by atoms with van der Waals surface area (Å²) in [6.07, 6.45) is 1.12. The SMILES string of the molecule is NC(=O)CC1(O)CCCN(C(=O)CN2CCOCC2)C1. The van der Waals surface area contributed by atoms with Crippen LogP contribution in [0.5, 0.6) is 0 Å². The first kappa shape index (κ1) is 15.2. The Morgan fingerprint density at radius 2 is 1.95 bits per heavy atom. The van der Waals surface area contributed by atoms with Gasteiger partial charge in [0.15, 0.2) is 0 Å². The lowest BCUT2D eigenvalue weighted by molar-refractivity contribution is -0.143. The van der Waals surface area contributed by atoms with Gasteiger partial charge in [-0.2, -0.15) is 0 Å². The highest BCUT2D eigenvalue weighted by Gasteiger charge is 2.36. The minimum atomic E-state index is -1.16. The molecule has 2 saturated heterocycles. The molecule has 2 fully saturated rings. The summed E-state index contributed by atoms with van der Waals surface area (Å²) < 4.78 is 5.25. The quantitative estimate of drug-likeness (QED) is 0.658. The van der Waals surface area contributed by atoms with E-state index < -0.39 is 11.5 Å². The second kappa shape index (κ2) is 6.51. The van der Waals surface area contributed by atoms with Crippen LogP contribution in [-0.2, 0) is 14.3 Å². The lowest BCUT2D eigenvalue weighted by atomic mass is 9.89. The van der Waals surface area contributed by atoms with E-state index in [1.54, 1.807) is 4.90 Å². The van der Waals surface area contributed by atoms with Crippen molar-refractivity contribution in [2.75, 3.05) is 45.9 Å². The van der Waals surface area contributed by atoms with Crippen molar-refractivity contribution in [1.82, 2.24) is 9.80 Å². The molecule has 0 aliphatic carbocycles. The molecule has 1 unspecified atom stereocenters. The number of hydrogen-bond acceptors (Lipinski definition) is 5. The number of rotatable bonds is 4. The maximum Gasteiger partial charge on any atom is 0.236 e. The lowest BCUT2D eigenvalue weighted by Gasteiger charge is -2.39. The number of nitrogens with zero attached hydrogens (tertiary/aromatic N) is 2. The van der Waals surface area contributed by atoms with E-state index in [-0.39, 0.29) is 18.9 Å². The van der Waals surface area contributed by atoms with Gasteiger partial charge in [0.2, 0.25) is 11.8 Å². The summed E-state index contributed by atoms with van der Waals surface area (Å²) in [7, 11) is 0. The number of carbonyl (C=O) groups is 2. The van der Waals surface area contributed by atoms with E-state index in [0.29, 0.717) is 39.1 Å². The van der Waals surface area contributed by atoms with Gasteiger partial charge >= 0.3 is 0 Å². The summed E-state index contributed by atoms with van der Waals surface area (Å²) in [5, 5.41) is 10.3. The number of piperidine rings is 1. The molecule has 0 saturated carbocycles. The molecule has 0 radical (unpaired) electrons. The Hall–Kier alpha value is -1.18. The predicted molar refractivity (Wildman–Crippen MR) is 71.8 cm³/mol. The molecule has 114 valence electrons. The molecule has 2 aliphatic rings. The molecule has 2 aliphatic heterocycles. The maximum absolute atomic E-state index is 12.3. The molecule has 2 amide bonds. The smallest absolute Gasteiger partial charge is 0.236 e. The molecule has 20 heavy (non-hydrogen) atoms. The average Bonchev–Trinajstić information content (AvgIpc) is 2.38. The standard InChI is InChI=1S/C13H23N3O4/c14-11(17)8-13(19)2-1-3-16(10-13)12(18)9-15-4-6-20-7-5-15/h19H,1-10H2,(H2,14,17). The largest absolute Gasteiger partial charge is 0.388 e. The minimum absolute atomic E-state index is 0.00510. The fourth-order valence-electron chi connectivity index (χ4n) is 2.84. The molecule has 0 spiro atoms. The summed E-state index contributed by atoms with van der Waals surface area (Å²) in [4.78, 5) is 26.9. The molecular formula is C13H23N3O4. The van der Waals surface area contributed by atoms with Gasteiger partial charge in [-0.3, -0.25) is 14.5 Å². The average molecular weight is 285 g/mol. The van der Waals surface area contributed by atoms with E-state index in [0.717, 1.165) is 13.1 Å². The van der Waals surface area contributed by atoms with Crippen molar-refractivity contribution in [3.05, 3.63) is 0 Å². The van der Waals surface area contributed by atoms with E-state index in [4.69, 9.17) is 10.5 Å². The zero-order chi connectivity index (χ0) is 14.6. The normalized spacial score (nSPS) is 28.4. The molecule has 0 aromatic carbocycles. The third kappa shape index (κ3) is 4.16. The van der Waals surface area contributed by atoms with Gasteiger partial charge in [0.25, 0.3) is 0 Å². The summed E-state index contributed by atoms with van der Waals surface area (Å²) in [5.74, 6) is -0.538. The molecule has 0 aromatic heterocycles. The summed E-state index contributed by atoms with van der Waals surface area (Å²) in [6, 6.07) is 0. The number of morpholine rings is 1. The van der Waals surface area contributed by atoms with Gasteiger partial charge < -0.3 is 20.5 Å². The van der Waals surface area contributed by atoms with E-state index in [9.17, 15) is 14.7 Å². The van der Waals surface area contributed by atoms with Crippen molar-refractivity contribution in [3.63, 3.8) is 0 Å². The molecule has 0 aromatic rings. The van der Waals surface area contributed by atoms with Gasteiger partial charge in [-0.05, 0) is 12.8 Å². The number of carbonyl (C=O) groups excluding carboxylic acids is 2. The monoisotopic (exact) mass is 285 g/mol. The third-order valence-corrected chi connectivity index (χ3v) is 3.87. The number of ether oxygens (including phenoxy) is 1. The van der Waals surface area contributed by atoms with Crippen LogP contribution in [0.4, 0.5) is 0 Å². The highest BCUT2D eigenvalue weighted by Crippen LogP contribution is 2.24. The van der Waals surface area contributed by atoms with Crippen LogP contribution < -0.4 is 5.73 Å². The Bertz CT molecular complexity index is 371. The fourth-order valence-corrected chi connectivity index (χ4v) is 2.84. The molecule has 0 bridgehead atoms. The summed E-state index contributed by atoms with van der Waals surface area (Å²) in [6.45, 7) is 3.98. The number of amides is 2. The zero-order valence-corrected chi connectivity index (χ0v) is 11.7. The summed E-state index contributed by atoms with van der Waals surface area (Å²) >= 11 is 0. The van der Waals surface area contributed by atoms with Crippen molar-refractivity contribution < 1.29 is 19.4 Å². The van der Waals surface area contributed by atoms with Crippen LogP contribution in [0.3, 0.4) is 0 Å².